The predicted octanol–water partition coefficient (Wildman–Crippen LogP) is 2.88. The molecule has 0 saturated carbocycles. The molecule has 2 saturated heterocycles. The molecule has 2 aliphatic rings. The van der Waals surface area contributed by atoms with Gasteiger partial charge in [-0.25, -0.2) is 19.2 Å². The zero-order valence-electron chi connectivity index (χ0n) is 28.2. The Labute approximate surface area is 284 Å². The molecule has 14 nitrogen and oxygen atoms in total. The first-order valence-corrected chi connectivity index (χ1v) is 16.1. The average Bonchev–Trinajstić information content (AvgIpc) is 3.25. The molecule has 14 heteroatoms. The fourth-order valence-corrected chi connectivity index (χ4v) is 6.58. The third-order valence-electron chi connectivity index (χ3n) is 9.29. The minimum absolute atomic E-state index is 0.123. The molecular weight excluding hydrogens is 644 g/mol. The molecular formula is C35H46O14. The molecule has 1 aromatic rings. The molecule has 2 heterocycles. The van der Waals surface area contributed by atoms with Crippen molar-refractivity contribution in [2.75, 3.05) is 0 Å². The van der Waals surface area contributed by atoms with Crippen LogP contribution < -0.4 is 0 Å². The lowest BCUT2D eigenvalue weighted by molar-refractivity contribution is -0.374. The van der Waals surface area contributed by atoms with Crippen LogP contribution in [0.1, 0.15) is 65.9 Å². The summed E-state index contributed by atoms with van der Waals surface area (Å²) in [7, 11) is 0. The number of fused-ring (bicyclic) bond motifs is 2. The van der Waals surface area contributed by atoms with Crippen molar-refractivity contribution in [1.82, 2.24) is 0 Å². The second-order valence-corrected chi connectivity index (χ2v) is 13.1. The van der Waals surface area contributed by atoms with Gasteiger partial charge in [-0.2, -0.15) is 0 Å². The molecule has 7 unspecified atom stereocenters. The van der Waals surface area contributed by atoms with Gasteiger partial charge in [-0.05, 0) is 42.2 Å². The Hall–Kier alpha value is -4.11. The Balaban J connectivity index is 2.02. The first kappa shape index (κ1) is 39.3. The van der Waals surface area contributed by atoms with Crippen molar-refractivity contribution in [2.24, 2.45) is 17.8 Å². The van der Waals surface area contributed by atoms with Crippen LogP contribution in [0.5, 0.6) is 0 Å². The summed E-state index contributed by atoms with van der Waals surface area (Å²) in [6.07, 6.45) is -4.83. The molecule has 0 radical (unpaired) electrons. The average molecular weight is 691 g/mol. The molecule has 2 aliphatic heterocycles. The molecule has 0 aromatic heterocycles. The summed E-state index contributed by atoms with van der Waals surface area (Å²) < 4.78 is 22.0. The van der Waals surface area contributed by atoms with Gasteiger partial charge in [0.05, 0.1) is 0 Å². The summed E-state index contributed by atoms with van der Waals surface area (Å²) in [6.45, 7) is 12.9. The maximum atomic E-state index is 13.0. The number of rotatable bonds is 17. The van der Waals surface area contributed by atoms with Gasteiger partial charge >= 0.3 is 29.8 Å². The number of carboxylic acids is 3. The number of hydrogen-bond acceptors (Lipinski definition) is 11. The van der Waals surface area contributed by atoms with Crippen molar-refractivity contribution in [3.63, 3.8) is 0 Å². The largest absolute Gasteiger partial charge is 0.479 e. The number of aliphatic hydroxyl groups is 2. The molecule has 1 aromatic carbocycles. The number of ether oxygens (including phenoxy) is 4. The Kier molecular flexibility index (Phi) is 12.5. The van der Waals surface area contributed by atoms with Crippen LogP contribution in [0.2, 0.25) is 0 Å². The van der Waals surface area contributed by atoms with E-state index in [0.717, 1.165) is 18.1 Å². The van der Waals surface area contributed by atoms with E-state index in [-0.39, 0.29) is 23.8 Å². The van der Waals surface area contributed by atoms with E-state index < -0.39 is 77.7 Å². The van der Waals surface area contributed by atoms with Crippen LogP contribution in [0.3, 0.4) is 0 Å². The van der Waals surface area contributed by atoms with Crippen LogP contribution in [0.25, 0.3) is 0 Å². The number of benzene rings is 1. The first-order valence-electron chi connectivity index (χ1n) is 16.1. The van der Waals surface area contributed by atoms with Crippen molar-refractivity contribution >= 4 is 29.8 Å². The number of carbonyl (C=O) groups is 5. The maximum absolute atomic E-state index is 13.0. The second-order valence-electron chi connectivity index (χ2n) is 13.1. The number of allylic oxidation sites excluding steroid dienone is 1. The molecule has 0 spiro atoms. The molecule has 2 fully saturated rings. The summed E-state index contributed by atoms with van der Waals surface area (Å²) in [5.74, 6) is -11.3. The highest BCUT2D eigenvalue weighted by Gasteiger charge is 2.85. The van der Waals surface area contributed by atoms with Gasteiger partial charge in [-0.1, -0.05) is 77.1 Å². The number of aliphatic hydroxyl groups excluding tert-OH is 1. The topological polar surface area (TPSA) is 223 Å². The van der Waals surface area contributed by atoms with Crippen molar-refractivity contribution in [2.45, 2.75) is 108 Å². The maximum Gasteiger partial charge on any atom is 0.344 e. The Bertz CT molecular complexity index is 1440. The van der Waals surface area contributed by atoms with Gasteiger partial charge in [-0.15, -0.1) is 0 Å². The summed E-state index contributed by atoms with van der Waals surface area (Å²) in [5, 5.41) is 53.5. The number of carbonyl (C=O) groups excluding carboxylic acids is 2. The lowest BCUT2D eigenvalue weighted by Gasteiger charge is -2.48. The Morgan fingerprint density at radius 1 is 1.04 bits per heavy atom. The van der Waals surface area contributed by atoms with Gasteiger partial charge in [0, 0.05) is 25.3 Å². The zero-order valence-corrected chi connectivity index (χ0v) is 28.2. The quantitative estimate of drug-likeness (QED) is 0.0901. The van der Waals surface area contributed by atoms with Crippen molar-refractivity contribution in [3.05, 3.63) is 60.2 Å². The van der Waals surface area contributed by atoms with Gasteiger partial charge < -0.3 is 44.5 Å². The summed E-state index contributed by atoms with van der Waals surface area (Å²) in [6, 6.07) is 9.29. The Morgan fingerprint density at radius 3 is 2.20 bits per heavy atom. The molecule has 270 valence electrons. The number of hydrogen-bond donors (Lipinski definition) is 5. The third-order valence-corrected chi connectivity index (χ3v) is 9.29. The standard InChI is InChI=1S/C35H46O14/c1-7-19(2)17-20(3)13-14-25(37)47-28-27(38)33(48-29(30(39)40)34(45,31(41)42)35(28,49-33)32(43)44)16-15-21(4)26(46-23(6)36)22(5)18-24-11-9-8-10-12-24/h8-14,19-20,22,26-29,38,45H,4,7,15-18H2,1-3,5-6H3,(H,39,40)(H,41,42)(H,43,44)/b14-13+/t19?,20?,22?,26?,27-,28-,29?,33+,34?,35?/m1/s1. The number of aliphatic carboxylic acids is 3. The predicted molar refractivity (Wildman–Crippen MR) is 171 cm³/mol. The highest BCUT2D eigenvalue weighted by atomic mass is 16.8. The smallest absolute Gasteiger partial charge is 0.344 e. The minimum atomic E-state index is -3.90. The van der Waals surface area contributed by atoms with Gasteiger partial charge in [-0.3, -0.25) is 4.79 Å². The zero-order chi connectivity index (χ0) is 36.9. The molecule has 0 amide bonds. The van der Waals surface area contributed by atoms with E-state index in [1.54, 1.807) is 6.92 Å². The lowest BCUT2D eigenvalue weighted by Crippen LogP contribution is -2.78. The third kappa shape index (κ3) is 7.88. The summed E-state index contributed by atoms with van der Waals surface area (Å²) in [5.41, 5.74) is -6.27. The van der Waals surface area contributed by atoms with E-state index in [1.807, 2.05) is 51.1 Å². The first-order chi connectivity index (χ1) is 22.9. The van der Waals surface area contributed by atoms with Crippen LogP contribution in [-0.2, 0) is 49.3 Å². The summed E-state index contributed by atoms with van der Waals surface area (Å²) >= 11 is 0. The SMILES string of the molecule is C=C(CC[C@]12OC(C(=O)O)C(O)(C(=O)O)C(C(=O)O)(O1)[C@H](OC(=O)/C=C/C(C)CC(C)CC)[C@H]2O)C(OC(C)=O)C(C)Cc1ccccc1. The lowest BCUT2D eigenvalue weighted by atomic mass is 9.74. The molecule has 5 N–H and O–H groups in total. The van der Waals surface area contributed by atoms with Crippen molar-refractivity contribution in [1.29, 1.82) is 0 Å². The van der Waals surface area contributed by atoms with E-state index in [9.17, 15) is 49.5 Å². The van der Waals surface area contributed by atoms with Crippen LogP contribution in [0.15, 0.2) is 54.6 Å². The van der Waals surface area contributed by atoms with E-state index in [1.165, 1.54) is 13.0 Å². The molecule has 10 atom stereocenters. The second kappa shape index (κ2) is 15.6. The van der Waals surface area contributed by atoms with Crippen molar-refractivity contribution < 1.29 is 68.5 Å². The highest BCUT2D eigenvalue weighted by molar-refractivity contribution is 5.98. The number of esters is 2. The highest BCUT2D eigenvalue weighted by Crippen LogP contribution is 2.56. The summed E-state index contributed by atoms with van der Waals surface area (Å²) in [4.78, 5) is 63.0. The molecule has 2 bridgehead atoms. The monoisotopic (exact) mass is 690 g/mol. The van der Waals surface area contributed by atoms with E-state index >= 15 is 0 Å². The molecule has 3 rings (SSSR count). The Morgan fingerprint density at radius 2 is 1.67 bits per heavy atom. The van der Waals surface area contributed by atoms with E-state index in [2.05, 4.69) is 6.58 Å². The fraction of sp³-hybridized carbons (Fsp3) is 0.571. The number of carboxylic acid groups (broad SMARTS) is 3. The van der Waals surface area contributed by atoms with Crippen LogP contribution in [0.4, 0.5) is 0 Å². The van der Waals surface area contributed by atoms with Gasteiger partial charge in [0.1, 0.15) is 12.2 Å². The van der Waals surface area contributed by atoms with Crippen LogP contribution in [-0.4, -0.2) is 96.8 Å². The van der Waals surface area contributed by atoms with E-state index in [4.69, 9.17) is 18.9 Å². The van der Waals surface area contributed by atoms with E-state index in [0.29, 0.717) is 18.8 Å². The molecule has 0 aliphatic carbocycles. The minimum Gasteiger partial charge on any atom is -0.479 e. The normalized spacial score (nSPS) is 30.1. The van der Waals surface area contributed by atoms with Crippen LogP contribution >= 0.6 is 0 Å². The van der Waals surface area contributed by atoms with Gasteiger partial charge in [0.15, 0.2) is 6.10 Å². The van der Waals surface area contributed by atoms with Gasteiger partial charge in [0.25, 0.3) is 0 Å². The molecule has 49 heavy (non-hydrogen) atoms. The van der Waals surface area contributed by atoms with Gasteiger partial charge in [0.2, 0.25) is 23.1 Å². The van der Waals surface area contributed by atoms with Crippen molar-refractivity contribution in [3.8, 4) is 0 Å². The van der Waals surface area contributed by atoms with Crippen LogP contribution in [0, 0.1) is 17.8 Å². The fourth-order valence-electron chi connectivity index (χ4n) is 6.58.